The second-order valence-corrected chi connectivity index (χ2v) is 8.41. The molecule has 0 atom stereocenters. The molecule has 0 aliphatic carbocycles. The van der Waals surface area contributed by atoms with Crippen LogP contribution in [0.1, 0.15) is 17.3 Å². The third-order valence-electron chi connectivity index (χ3n) is 3.15. The van der Waals surface area contributed by atoms with Gasteiger partial charge in [0, 0.05) is 0 Å². The molecule has 0 bridgehead atoms. The first-order valence-electron chi connectivity index (χ1n) is 7.48. The van der Waals surface area contributed by atoms with Crippen molar-refractivity contribution in [2.24, 2.45) is 0 Å². The Balaban J connectivity index is 0.000000277. The number of carbonyl (C=O) groups excluding carboxylic acids is 2. The first-order chi connectivity index (χ1) is 12.6. The molecule has 0 aromatic heterocycles. The number of esters is 1. The molecular formula is C17H20AsNO8. The summed E-state index contributed by atoms with van der Waals surface area (Å²) in [5.74, 6) is -0.624. The van der Waals surface area contributed by atoms with Crippen LogP contribution in [-0.4, -0.2) is 53.6 Å². The van der Waals surface area contributed by atoms with E-state index in [4.69, 9.17) is 12.9 Å². The molecule has 0 heterocycles. The molecular weight excluding hydrogens is 421 g/mol. The molecule has 0 fully saturated rings. The van der Waals surface area contributed by atoms with Crippen molar-refractivity contribution in [2.45, 2.75) is 6.92 Å². The number of amides is 1. The van der Waals surface area contributed by atoms with E-state index in [0.717, 1.165) is 11.8 Å². The molecule has 2 aromatic rings. The molecule has 27 heavy (non-hydrogen) atoms. The van der Waals surface area contributed by atoms with Crippen LogP contribution in [-0.2, 0) is 13.3 Å². The van der Waals surface area contributed by atoms with Gasteiger partial charge in [0.25, 0.3) is 0 Å². The number of phenolic OH excluding ortho intramolecular Hbond substituents is 1. The Bertz CT molecular complexity index is 845. The topological polar surface area (TPSA) is 142 Å². The third-order valence-corrected chi connectivity index (χ3v) is 5.22. The van der Waals surface area contributed by atoms with E-state index >= 15 is 0 Å². The van der Waals surface area contributed by atoms with Gasteiger partial charge in [0.2, 0.25) is 0 Å². The predicted octanol–water partition coefficient (Wildman–Crippen LogP) is 0.393. The molecule has 4 N–H and O–H groups in total. The van der Waals surface area contributed by atoms with Crippen LogP contribution in [0.2, 0.25) is 0 Å². The van der Waals surface area contributed by atoms with Gasteiger partial charge in [-0.2, -0.15) is 0 Å². The second-order valence-electron chi connectivity index (χ2n) is 5.12. The number of hydrogen-bond donors (Lipinski definition) is 4. The van der Waals surface area contributed by atoms with Crippen molar-refractivity contribution in [1.29, 1.82) is 0 Å². The average Bonchev–Trinajstić information content (AvgIpc) is 2.62. The SMILES string of the molecule is CC(=O)Nc1cccc([As](=O)(O)O)c1O.COC(=O)c1ccc(OC)cc1. The monoisotopic (exact) mass is 441 g/mol. The molecule has 0 spiro atoms. The van der Waals surface area contributed by atoms with Crippen LogP contribution in [0.3, 0.4) is 0 Å². The molecule has 0 aliphatic rings. The minimum atomic E-state index is -5.15. The Labute approximate surface area is 158 Å². The Morgan fingerprint density at radius 1 is 1.04 bits per heavy atom. The van der Waals surface area contributed by atoms with Crippen molar-refractivity contribution >= 4 is 36.1 Å². The number of phenols is 1. The van der Waals surface area contributed by atoms with E-state index in [1.165, 1.54) is 26.2 Å². The van der Waals surface area contributed by atoms with Crippen molar-refractivity contribution in [3.05, 3.63) is 48.0 Å². The quantitative estimate of drug-likeness (QED) is 0.303. The normalized spacial score (nSPS) is 10.3. The zero-order chi connectivity index (χ0) is 20.6. The van der Waals surface area contributed by atoms with Crippen LogP contribution < -0.4 is 14.4 Å². The fourth-order valence-electron chi connectivity index (χ4n) is 1.90. The molecule has 0 saturated heterocycles. The molecule has 0 saturated carbocycles. The van der Waals surface area contributed by atoms with E-state index < -0.39 is 30.2 Å². The third kappa shape index (κ3) is 6.82. The van der Waals surface area contributed by atoms with Crippen LogP contribution in [0.4, 0.5) is 5.69 Å². The van der Waals surface area contributed by atoms with Crippen molar-refractivity contribution in [2.75, 3.05) is 19.5 Å². The second kappa shape index (κ2) is 9.82. The number of nitrogens with one attached hydrogen (secondary N) is 1. The van der Waals surface area contributed by atoms with Crippen molar-refractivity contribution in [3.8, 4) is 11.5 Å². The van der Waals surface area contributed by atoms with Crippen molar-refractivity contribution in [3.63, 3.8) is 0 Å². The molecule has 10 heteroatoms. The number of methoxy groups -OCH3 is 2. The molecule has 146 valence electrons. The molecule has 0 aliphatic heterocycles. The van der Waals surface area contributed by atoms with E-state index in [0.29, 0.717) is 5.56 Å². The first-order valence-corrected chi connectivity index (χ1v) is 10.9. The van der Waals surface area contributed by atoms with Gasteiger partial charge in [-0.05, 0) is 24.3 Å². The van der Waals surface area contributed by atoms with E-state index in [-0.39, 0.29) is 11.7 Å². The van der Waals surface area contributed by atoms with Gasteiger partial charge < -0.3 is 9.47 Å². The average molecular weight is 441 g/mol. The maximum absolute atomic E-state index is 11.0. The minimum Gasteiger partial charge on any atom is -0.497 e. The summed E-state index contributed by atoms with van der Waals surface area (Å²) in [5, 5.41) is 11.7. The van der Waals surface area contributed by atoms with Gasteiger partial charge in [-0.15, -0.1) is 0 Å². The fourth-order valence-corrected chi connectivity index (χ4v) is 3.32. The summed E-state index contributed by atoms with van der Waals surface area (Å²) in [6, 6.07) is 10.6. The van der Waals surface area contributed by atoms with Gasteiger partial charge in [-0.1, -0.05) is 0 Å². The number of benzene rings is 2. The molecule has 2 rings (SSSR count). The van der Waals surface area contributed by atoms with E-state index in [1.54, 1.807) is 31.4 Å². The largest absolute Gasteiger partial charge is 0.497 e. The Kier molecular flexibility index (Phi) is 8.11. The summed E-state index contributed by atoms with van der Waals surface area (Å²) in [5.41, 5.74) is 0.517. The zero-order valence-corrected chi connectivity index (χ0v) is 16.7. The molecule has 0 radical (unpaired) electrons. The van der Waals surface area contributed by atoms with Crippen LogP contribution >= 0.6 is 0 Å². The number of anilines is 1. The van der Waals surface area contributed by atoms with E-state index in [2.05, 4.69) is 10.1 Å². The zero-order valence-electron chi connectivity index (χ0n) is 14.9. The maximum Gasteiger partial charge on any atom is 0.337 e. The maximum atomic E-state index is 11.0. The first kappa shape index (κ1) is 22.3. The standard InChI is InChI=1S/C9H10O3.C8H10AsNO5/c1-11-8-5-3-7(4-6-8)9(10)12-2;1-5(11)10-7-4-2-3-6(8(7)12)9(13,14)15/h3-6H,1-2H3;2-4,12H,1H3,(H,10,11)(H2,13,14,15). The van der Waals surface area contributed by atoms with Gasteiger partial charge in [0.1, 0.15) is 5.75 Å². The van der Waals surface area contributed by atoms with Gasteiger partial charge in [-0.3, -0.25) is 0 Å². The van der Waals surface area contributed by atoms with Crippen LogP contribution in [0.15, 0.2) is 42.5 Å². The summed E-state index contributed by atoms with van der Waals surface area (Å²) >= 11 is -5.15. The summed E-state index contributed by atoms with van der Waals surface area (Å²) in [6.45, 7) is 1.23. The number of ether oxygens (including phenoxy) is 2. The number of para-hydroxylation sites is 1. The fraction of sp³-hybridized carbons (Fsp3) is 0.176. The minimum absolute atomic E-state index is 0.00951. The summed E-state index contributed by atoms with van der Waals surface area (Å²) in [6.07, 6.45) is 0. The Morgan fingerprint density at radius 3 is 2.07 bits per heavy atom. The number of rotatable bonds is 4. The van der Waals surface area contributed by atoms with Gasteiger partial charge in [0.15, 0.2) is 0 Å². The number of aromatic hydroxyl groups is 1. The number of carbonyl (C=O) groups is 2. The Morgan fingerprint density at radius 2 is 1.63 bits per heavy atom. The van der Waals surface area contributed by atoms with E-state index in [9.17, 15) is 18.4 Å². The summed E-state index contributed by atoms with van der Waals surface area (Å²) in [4.78, 5) is 21.7. The van der Waals surface area contributed by atoms with Crippen LogP contribution in [0.25, 0.3) is 0 Å². The van der Waals surface area contributed by atoms with Gasteiger partial charge in [-0.25, -0.2) is 4.79 Å². The molecule has 0 unspecified atom stereocenters. The van der Waals surface area contributed by atoms with Gasteiger partial charge >= 0.3 is 94.1 Å². The van der Waals surface area contributed by atoms with Crippen LogP contribution in [0.5, 0.6) is 11.5 Å². The summed E-state index contributed by atoms with van der Waals surface area (Å²) < 4.78 is 37.8. The predicted molar refractivity (Wildman–Crippen MR) is 97.3 cm³/mol. The molecule has 2 aromatic carbocycles. The smallest absolute Gasteiger partial charge is 0.337 e. The molecule has 9 nitrogen and oxygen atoms in total. The van der Waals surface area contributed by atoms with Crippen LogP contribution in [0, 0.1) is 0 Å². The molecule has 1 amide bonds. The Hall–Kier alpha value is -2.74. The van der Waals surface area contributed by atoms with Crippen molar-refractivity contribution in [1.82, 2.24) is 0 Å². The van der Waals surface area contributed by atoms with Crippen molar-refractivity contribution < 1.29 is 36.1 Å². The number of hydrogen-bond acceptors (Lipinski definition) is 6. The van der Waals surface area contributed by atoms with Gasteiger partial charge in [0.05, 0.1) is 19.8 Å². The summed E-state index contributed by atoms with van der Waals surface area (Å²) in [7, 11) is 2.93. The van der Waals surface area contributed by atoms with E-state index in [1.807, 2.05) is 0 Å².